The zero-order valence-electron chi connectivity index (χ0n) is 19.1. The molecular formula is C28H23F3N2O2. The van der Waals surface area contributed by atoms with Gasteiger partial charge < -0.3 is 19.3 Å². The minimum atomic E-state index is -4.38. The van der Waals surface area contributed by atoms with E-state index in [0.29, 0.717) is 19.0 Å². The summed E-state index contributed by atoms with van der Waals surface area (Å²) in [7, 11) is 0. The molecule has 2 aliphatic rings. The van der Waals surface area contributed by atoms with Crippen molar-refractivity contribution in [1.82, 2.24) is 0 Å². The van der Waals surface area contributed by atoms with Crippen molar-refractivity contribution in [3.8, 4) is 11.5 Å². The zero-order valence-corrected chi connectivity index (χ0v) is 19.1. The van der Waals surface area contributed by atoms with Crippen LogP contribution in [-0.2, 0) is 19.3 Å². The Morgan fingerprint density at radius 2 is 1.46 bits per heavy atom. The number of alkyl halides is 3. The van der Waals surface area contributed by atoms with Gasteiger partial charge in [0.05, 0.1) is 5.56 Å². The van der Waals surface area contributed by atoms with Gasteiger partial charge in [-0.05, 0) is 60.3 Å². The summed E-state index contributed by atoms with van der Waals surface area (Å²) in [5.74, 6) is 1.64. The van der Waals surface area contributed by atoms with E-state index >= 15 is 0 Å². The van der Waals surface area contributed by atoms with Crippen LogP contribution in [0, 0.1) is 6.92 Å². The molecule has 0 radical (unpaired) electrons. The highest BCUT2D eigenvalue weighted by Crippen LogP contribution is 2.40. The van der Waals surface area contributed by atoms with Crippen LogP contribution in [0.15, 0.2) is 72.8 Å². The summed E-state index contributed by atoms with van der Waals surface area (Å²) in [4.78, 5) is 4.00. The van der Waals surface area contributed by atoms with Crippen molar-refractivity contribution >= 4 is 22.1 Å². The molecule has 0 unspecified atom stereocenters. The Morgan fingerprint density at radius 3 is 2.23 bits per heavy atom. The van der Waals surface area contributed by atoms with Gasteiger partial charge in [0.2, 0.25) is 0 Å². The average molecular weight is 476 g/mol. The van der Waals surface area contributed by atoms with E-state index in [4.69, 9.17) is 9.47 Å². The molecule has 0 fully saturated rings. The fraction of sp³-hybridized carbons (Fsp3) is 0.214. The smallest absolute Gasteiger partial charge is 0.416 e. The summed E-state index contributed by atoms with van der Waals surface area (Å²) in [6.45, 7) is 3.91. The lowest BCUT2D eigenvalue weighted by atomic mass is 9.99. The number of fused-ring (bicyclic) bond motifs is 4. The fourth-order valence-electron chi connectivity index (χ4n) is 4.79. The average Bonchev–Trinajstić information content (AvgIpc) is 2.86. The van der Waals surface area contributed by atoms with Crippen LogP contribution in [0.3, 0.4) is 0 Å². The molecule has 2 aliphatic heterocycles. The molecule has 0 aliphatic carbocycles. The van der Waals surface area contributed by atoms with Gasteiger partial charge in [-0.15, -0.1) is 0 Å². The van der Waals surface area contributed by atoms with Gasteiger partial charge in [-0.3, -0.25) is 0 Å². The van der Waals surface area contributed by atoms with Gasteiger partial charge in [-0.2, -0.15) is 13.2 Å². The van der Waals surface area contributed by atoms with Crippen molar-refractivity contribution in [2.24, 2.45) is 0 Å². The molecule has 6 rings (SSSR count). The Bertz CT molecular complexity index is 1430. The predicted molar refractivity (Wildman–Crippen MR) is 130 cm³/mol. The van der Waals surface area contributed by atoms with Crippen LogP contribution < -0.4 is 19.3 Å². The van der Waals surface area contributed by atoms with Crippen molar-refractivity contribution < 1.29 is 22.6 Å². The molecular weight excluding hydrogens is 453 g/mol. The molecule has 0 spiro atoms. The number of anilines is 2. The molecule has 4 aromatic carbocycles. The van der Waals surface area contributed by atoms with Crippen LogP contribution in [0.5, 0.6) is 11.5 Å². The summed E-state index contributed by atoms with van der Waals surface area (Å²) in [6.07, 6.45) is -4.38. The molecule has 35 heavy (non-hydrogen) atoms. The first-order valence-electron chi connectivity index (χ1n) is 11.4. The molecule has 178 valence electrons. The molecule has 0 saturated heterocycles. The van der Waals surface area contributed by atoms with Crippen molar-refractivity contribution in [3.63, 3.8) is 0 Å². The summed E-state index contributed by atoms with van der Waals surface area (Å²) < 4.78 is 51.8. The van der Waals surface area contributed by atoms with Gasteiger partial charge in [0.1, 0.15) is 11.5 Å². The summed E-state index contributed by atoms with van der Waals surface area (Å²) in [6, 6.07) is 21.9. The van der Waals surface area contributed by atoms with Crippen molar-refractivity contribution in [2.75, 3.05) is 23.3 Å². The van der Waals surface area contributed by atoms with Crippen molar-refractivity contribution in [2.45, 2.75) is 26.2 Å². The second-order valence-electron chi connectivity index (χ2n) is 9.06. The number of rotatable bonds is 2. The van der Waals surface area contributed by atoms with E-state index in [1.165, 1.54) is 17.7 Å². The molecule has 7 heteroatoms. The third-order valence-corrected chi connectivity index (χ3v) is 6.60. The highest BCUT2D eigenvalue weighted by Gasteiger charge is 2.31. The normalized spacial score (nSPS) is 15.3. The van der Waals surface area contributed by atoms with Crippen LogP contribution in [0.25, 0.3) is 10.8 Å². The number of hydrogen-bond acceptors (Lipinski definition) is 4. The van der Waals surface area contributed by atoms with Gasteiger partial charge >= 0.3 is 6.18 Å². The molecule has 0 N–H and O–H groups in total. The Balaban J connectivity index is 1.31. The predicted octanol–water partition coefficient (Wildman–Crippen LogP) is 6.88. The lowest BCUT2D eigenvalue weighted by Gasteiger charge is -2.33. The molecule has 0 atom stereocenters. The monoisotopic (exact) mass is 476 g/mol. The highest BCUT2D eigenvalue weighted by atomic mass is 19.4. The third kappa shape index (κ3) is 4.01. The molecule has 4 aromatic rings. The molecule has 0 amide bonds. The van der Waals surface area contributed by atoms with Gasteiger partial charge in [-0.1, -0.05) is 30.3 Å². The summed E-state index contributed by atoms with van der Waals surface area (Å²) in [5.41, 5.74) is 4.14. The molecule has 0 bridgehead atoms. The van der Waals surface area contributed by atoms with E-state index in [0.717, 1.165) is 51.7 Å². The maximum Gasteiger partial charge on any atom is 0.416 e. The molecule has 2 heterocycles. The van der Waals surface area contributed by atoms with E-state index in [9.17, 15) is 13.2 Å². The molecule has 0 aromatic heterocycles. The Hall–Kier alpha value is -3.87. The van der Waals surface area contributed by atoms with Crippen LogP contribution in [0.1, 0.15) is 22.3 Å². The second-order valence-corrected chi connectivity index (χ2v) is 9.06. The third-order valence-electron chi connectivity index (χ3n) is 6.60. The summed E-state index contributed by atoms with van der Waals surface area (Å²) in [5, 5.41) is 2.00. The Labute approximate surface area is 201 Å². The first-order chi connectivity index (χ1) is 16.8. The first kappa shape index (κ1) is 21.6. The molecule has 0 saturated carbocycles. The van der Waals surface area contributed by atoms with E-state index in [2.05, 4.69) is 36.1 Å². The van der Waals surface area contributed by atoms with Gasteiger partial charge in [0, 0.05) is 41.0 Å². The zero-order chi connectivity index (χ0) is 24.2. The van der Waals surface area contributed by atoms with Gasteiger partial charge in [0.25, 0.3) is 0 Å². The standard InChI is InChI=1S/C28H23F3N2O2/c1-18-4-2-6-23(10-18)33-15-21-11-25-19(12-26(21)34-16-33)8-9-20-14-32(17-35-27(20)25)24-7-3-5-22(13-24)28(29,30)31/h2-13H,14-17H2,1H3. The van der Waals surface area contributed by atoms with Gasteiger partial charge in [0.15, 0.2) is 13.5 Å². The molecule has 4 nitrogen and oxygen atoms in total. The number of halogens is 3. The Kier molecular flexibility index (Phi) is 5.02. The second kappa shape index (κ2) is 8.12. The number of ether oxygens (including phenoxy) is 2. The van der Waals surface area contributed by atoms with Crippen LogP contribution >= 0.6 is 0 Å². The minimum Gasteiger partial charge on any atom is -0.473 e. The first-order valence-corrected chi connectivity index (χ1v) is 11.4. The quantitative estimate of drug-likeness (QED) is 0.315. The van der Waals surface area contributed by atoms with Crippen molar-refractivity contribution in [3.05, 3.63) is 95.1 Å². The van der Waals surface area contributed by atoms with Crippen LogP contribution in [0.2, 0.25) is 0 Å². The van der Waals surface area contributed by atoms with E-state index < -0.39 is 11.7 Å². The lowest BCUT2D eigenvalue weighted by Crippen LogP contribution is -2.32. The SMILES string of the molecule is Cc1cccc(N2COc3cc4ccc5c(c4cc3C2)OCN(c2cccc(C(F)(F)F)c2)C5)c1. The van der Waals surface area contributed by atoms with E-state index in [1.54, 1.807) is 6.07 Å². The number of hydrogen-bond donors (Lipinski definition) is 0. The fourth-order valence-corrected chi connectivity index (χ4v) is 4.79. The van der Waals surface area contributed by atoms with E-state index in [-0.39, 0.29) is 6.73 Å². The van der Waals surface area contributed by atoms with Crippen LogP contribution in [0.4, 0.5) is 24.5 Å². The number of aryl methyl sites for hydroxylation is 1. The van der Waals surface area contributed by atoms with E-state index in [1.807, 2.05) is 29.2 Å². The minimum absolute atomic E-state index is 0.177. The van der Waals surface area contributed by atoms with Crippen LogP contribution in [-0.4, -0.2) is 13.5 Å². The van der Waals surface area contributed by atoms with Crippen molar-refractivity contribution in [1.29, 1.82) is 0 Å². The number of benzene rings is 4. The summed E-state index contributed by atoms with van der Waals surface area (Å²) >= 11 is 0. The lowest BCUT2D eigenvalue weighted by molar-refractivity contribution is -0.137. The number of nitrogens with zero attached hydrogens (tertiary/aromatic N) is 2. The largest absolute Gasteiger partial charge is 0.473 e. The Morgan fingerprint density at radius 1 is 0.743 bits per heavy atom. The maximum absolute atomic E-state index is 13.2. The topological polar surface area (TPSA) is 24.9 Å². The maximum atomic E-state index is 13.2. The van der Waals surface area contributed by atoms with Gasteiger partial charge in [-0.25, -0.2) is 0 Å². The highest BCUT2D eigenvalue weighted by molar-refractivity contribution is 5.92.